The summed E-state index contributed by atoms with van der Waals surface area (Å²) in [5.41, 5.74) is 8.26. The highest BCUT2D eigenvalue weighted by Gasteiger charge is 2.48. The molecule has 1 aliphatic carbocycles. The zero-order chi connectivity index (χ0) is 32.4. The molecular formula is C33H48N8O4. The van der Waals surface area contributed by atoms with Gasteiger partial charge in [0, 0.05) is 56.8 Å². The number of hydrazine groups is 1. The number of carbonyl (C=O) groups is 2. The third-order valence-corrected chi connectivity index (χ3v) is 8.32. The van der Waals surface area contributed by atoms with Crippen molar-refractivity contribution in [2.75, 3.05) is 63.1 Å². The van der Waals surface area contributed by atoms with Crippen molar-refractivity contribution in [3.05, 3.63) is 47.3 Å². The molecular weight excluding hydrogens is 572 g/mol. The molecule has 2 aliphatic heterocycles. The number of nitrogens with zero attached hydrogens (tertiary/aromatic N) is 5. The Morgan fingerprint density at radius 1 is 1.11 bits per heavy atom. The van der Waals surface area contributed by atoms with Crippen LogP contribution in [-0.4, -0.2) is 96.5 Å². The molecule has 1 atom stereocenters. The van der Waals surface area contributed by atoms with E-state index in [2.05, 4.69) is 76.0 Å². The summed E-state index contributed by atoms with van der Waals surface area (Å²) in [5.74, 6) is 0.182. The second-order valence-electron chi connectivity index (χ2n) is 13.6. The number of likely N-dealkylation sites (N-methyl/N-ethyl adjacent to an activating group) is 1. The van der Waals surface area contributed by atoms with Crippen LogP contribution in [0.15, 0.2) is 36.0 Å². The van der Waals surface area contributed by atoms with Gasteiger partial charge in [0.1, 0.15) is 5.60 Å². The molecule has 1 aromatic carbocycles. The molecule has 0 spiro atoms. The summed E-state index contributed by atoms with van der Waals surface area (Å²) in [5, 5.41) is 8.08. The van der Waals surface area contributed by atoms with Crippen molar-refractivity contribution >= 4 is 35.1 Å². The maximum Gasteiger partial charge on any atom is 0.407 e. The Hall–Kier alpha value is -3.90. The molecule has 0 saturated carbocycles. The van der Waals surface area contributed by atoms with E-state index in [1.165, 1.54) is 5.69 Å². The van der Waals surface area contributed by atoms with Gasteiger partial charge in [-0.05, 0) is 88.4 Å². The molecule has 1 aromatic heterocycles. The fourth-order valence-electron chi connectivity index (χ4n) is 6.19. The van der Waals surface area contributed by atoms with Crippen LogP contribution in [-0.2, 0) is 20.7 Å². The summed E-state index contributed by atoms with van der Waals surface area (Å²) in [7, 11) is 2.16. The molecule has 0 bridgehead atoms. The summed E-state index contributed by atoms with van der Waals surface area (Å²) in [4.78, 5) is 39.9. The quantitative estimate of drug-likeness (QED) is 0.279. The first-order valence-corrected chi connectivity index (χ1v) is 15.9. The van der Waals surface area contributed by atoms with Crippen LogP contribution >= 0.6 is 0 Å². The fourth-order valence-corrected chi connectivity index (χ4v) is 6.19. The highest BCUT2D eigenvalue weighted by molar-refractivity contribution is 5.88. The van der Waals surface area contributed by atoms with Crippen LogP contribution in [0.4, 0.5) is 22.1 Å². The Morgan fingerprint density at radius 2 is 1.82 bits per heavy atom. The van der Waals surface area contributed by atoms with Gasteiger partial charge < -0.3 is 35.3 Å². The Labute approximate surface area is 266 Å². The molecule has 3 aliphatic rings. The standard InChI is InChI=1S/C33H48N8O4/c1-8-44-29(42)28-25-27(38-41(28)15-9-14-34-31(43)45-32(2,3)4)26-22(20-33(25,5)6)21-35-30(37-26)36-23-10-12-24(13-11-23)40-18-16-39(7)17-19-40/h10-13,21,28,38H,8-9,14-20H2,1-7H3,(H,34,43)(H,35,36,37). The molecule has 3 heterocycles. The first-order chi connectivity index (χ1) is 21.3. The second-order valence-corrected chi connectivity index (χ2v) is 13.6. The molecule has 1 amide bonds. The normalized spacial score (nSPS) is 19.8. The summed E-state index contributed by atoms with van der Waals surface area (Å²) in [6.45, 7) is 16.9. The number of hydrogen-bond donors (Lipinski definition) is 3. The minimum atomic E-state index is -0.613. The Bertz CT molecular complexity index is 1410. The lowest BCUT2D eigenvalue weighted by atomic mass is 9.71. The van der Waals surface area contributed by atoms with E-state index in [0.717, 1.165) is 54.4 Å². The van der Waals surface area contributed by atoms with Crippen LogP contribution in [0.1, 0.15) is 59.2 Å². The van der Waals surface area contributed by atoms with Gasteiger partial charge in [0.25, 0.3) is 0 Å². The monoisotopic (exact) mass is 620 g/mol. The summed E-state index contributed by atoms with van der Waals surface area (Å²) >= 11 is 0. The van der Waals surface area contributed by atoms with Crippen molar-refractivity contribution in [1.29, 1.82) is 0 Å². The number of piperazine rings is 1. The van der Waals surface area contributed by atoms with Gasteiger partial charge in [0.05, 0.1) is 18.0 Å². The van der Waals surface area contributed by atoms with Gasteiger partial charge in [-0.1, -0.05) is 13.8 Å². The maximum absolute atomic E-state index is 13.4. The first-order valence-electron chi connectivity index (χ1n) is 15.9. The summed E-state index contributed by atoms with van der Waals surface area (Å²) in [6, 6.07) is 7.77. The van der Waals surface area contributed by atoms with E-state index in [-0.39, 0.29) is 18.0 Å². The summed E-state index contributed by atoms with van der Waals surface area (Å²) in [6.07, 6.45) is 2.70. The van der Waals surface area contributed by atoms with E-state index in [0.29, 0.717) is 31.9 Å². The van der Waals surface area contributed by atoms with Crippen molar-refractivity contribution < 1.29 is 19.1 Å². The van der Waals surface area contributed by atoms with Crippen LogP contribution in [0, 0.1) is 5.41 Å². The molecule has 5 rings (SSSR count). The zero-order valence-corrected chi connectivity index (χ0v) is 27.7. The number of hydrogen-bond acceptors (Lipinski definition) is 11. The van der Waals surface area contributed by atoms with Crippen molar-refractivity contribution in [3.8, 4) is 0 Å². The van der Waals surface area contributed by atoms with Crippen LogP contribution in [0.3, 0.4) is 0 Å². The van der Waals surface area contributed by atoms with Gasteiger partial charge in [-0.25, -0.2) is 24.6 Å². The van der Waals surface area contributed by atoms with Gasteiger partial charge in [-0.3, -0.25) is 0 Å². The Morgan fingerprint density at radius 3 is 2.49 bits per heavy atom. The highest BCUT2D eigenvalue weighted by atomic mass is 16.6. The number of fused-ring (bicyclic) bond motifs is 2. The van der Waals surface area contributed by atoms with Gasteiger partial charge in [0.15, 0.2) is 6.04 Å². The number of nitrogens with one attached hydrogen (secondary N) is 3. The molecule has 0 radical (unpaired) electrons. The van der Waals surface area contributed by atoms with E-state index < -0.39 is 17.7 Å². The van der Waals surface area contributed by atoms with E-state index in [1.807, 2.05) is 38.9 Å². The summed E-state index contributed by atoms with van der Waals surface area (Å²) < 4.78 is 10.9. The number of anilines is 3. The molecule has 12 nitrogen and oxygen atoms in total. The average molecular weight is 621 g/mol. The van der Waals surface area contributed by atoms with E-state index in [4.69, 9.17) is 14.5 Å². The van der Waals surface area contributed by atoms with E-state index >= 15 is 0 Å². The van der Waals surface area contributed by atoms with Crippen molar-refractivity contribution in [3.63, 3.8) is 0 Å². The van der Waals surface area contributed by atoms with Crippen LogP contribution < -0.4 is 21.0 Å². The van der Waals surface area contributed by atoms with Gasteiger partial charge in [0.2, 0.25) is 5.95 Å². The lowest BCUT2D eigenvalue weighted by molar-refractivity contribution is -0.148. The lowest BCUT2D eigenvalue weighted by Crippen LogP contribution is -2.47. The van der Waals surface area contributed by atoms with Crippen molar-refractivity contribution in [2.45, 2.75) is 66.0 Å². The first kappa shape index (κ1) is 32.5. The molecule has 12 heteroatoms. The Balaban J connectivity index is 1.33. The zero-order valence-electron chi connectivity index (χ0n) is 27.7. The topological polar surface area (TPSA) is 124 Å². The van der Waals surface area contributed by atoms with Crippen LogP contribution in [0.5, 0.6) is 0 Å². The number of aromatic nitrogens is 2. The number of carbonyl (C=O) groups excluding carboxylic acids is 2. The van der Waals surface area contributed by atoms with Crippen molar-refractivity contribution in [2.24, 2.45) is 5.41 Å². The molecule has 3 N–H and O–H groups in total. The number of rotatable bonds is 9. The molecule has 1 saturated heterocycles. The number of amides is 1. The number of benzene rings is 1. The number of ether oxygens (including phenoxy) is 2. The van der Waals surface area contributed by atoms with Crippen LogP contribution in [0.2, 0.25) is 0 Å². The number of esters is 1. The predicted molar refractivity (Wildman–Crippen MR) is 175 cm³/mol. The second kappa shape index (κ2) is 13.2. The average Bonchev–Trinajstić information content (AvgIpc) is 3.37. The minimum absolute atomic E-state index is 0.285. The molecule has 45 heavy (non-hydrogen) atoms. The smallest absolute Gasteiger partial charge is 0.407 e. The van der Waals surface area contributed by atoms with E-state index in [9.17, 15) is 9.59 Å². The maximum atomic E-state index is 13.4. The van der Waals surface area contributed by atoms with Crippen LogP contribution in [0.25, 0.3) is 5.70 Å². The lowest BCUT2D eigenvalue weighted by Gasteiger charge is -2.34. The van der Waals surface area contributed by atoms with Gasteiger partial charge in [-0.2, -0.15) is 0 Å². The third-order valence-electron chi connectivity index (χ3n) is 8.32. The van der Waals surface area contributed by atoms with Crippen molar-refractivity contribution in [1.82, 2.24) is 30.6 Å². The molecule has 1 fully saturated rings. The van der Waals surface area contributed by atoms with Gasteiger partial charge >= 0.3 is 12.1 Å². The van der Waals surface area contributed by atoms with Gasteiger partial charge in [-0.15, -0.1) is 0 Å². The molecule has 244 valence electrons. The highest BCUT2D eigenvalue weighted by Crippen LogP contribution is 2.47. The van der Waals surface area contributed by atoms with E-state index in [1.54, 1.807) is 0 Å². The molecule has 1 unspecified atom stereocenters. The molecule has 2 aromatic rings. The fraction of sp³-hybridized carbons (Fsp3) is 0.576. The minimum Gasteiger partial charge on any atom is -0.465 e. The SMILES string of the molecule is CCOC(=O)C1C2=C(NN1CCCNC(=O)OC(C)(C)C)c1nc(Nc3ccc(N4CCN(C)CC4)cc3)ncc1CC2(C)C. The third kappa shape index (κ3) is 7.67. The Kier molecular flexibility index (Phi) is 9.54. The number of alkyl carbamates (subject to hydrolysis) is 1. The largest absolute Gasteiger partial charge is 0.465 e. The predicted octanol–water partition coefficient (Wildman–Crippen LogP) is 3.93.